The largest absolute Gasteiger partial charge is 0.497 e. The fraction of sp³-hybridized carbons (Fsp3) is 0.238. The lowest BCUT2D eigenvalue weighted by Crippen LogP contribution is -2.04. The minimum Gasteiger partial charge on any atom is -0.497 e. The van der Waals surface area contributed by atoms with E-state index in [1.807, 2.05) is 13.0 Å². The average molecular weight is 478 g/mol. The molecule has 2 aromatic carbocycles. The number of anilines is 5. The van der Waals surface area contributed by atoms with Gasteiger partial charge >= 0.3 is 0 Å². The molecule has 170 valence electrons. The number of nitrogens with zero attached hydrogens (tertiary/aromatic N) is 2. The van der Waals surface area contributed by atoms with Gasteiger partial charge < -0.3 is 34.8 Å². The minimum atomic E-state index is -1.39. The molecular formula is C21H25ClN5O4P. The number of benzene rings is 2. The zero-order chi connectivity index (χ0) is 23.3. The fourth-order valence-corrected chi connectivity index (χ4v) is 3.62. The van der Waals surface area contributed by atoms with Gasteiger partial charge in [0.1, 0.15) is 30.6 Å². The minimum absolute atomic E-state index is 0.322. The number of hydrogen-bond acceptors (Lipinski definition) is 9. The van der Waals surface area contributed by atoms with Crippen molar-refractivity contribution in [2.75, 3.05) is 43.7 Å². The van der Waals surface area contributed by atoms with Gasteiger partial charge in [0, 0.05) is 12.1 Å². The summed E-state index contributed by atoms with van der Waals surface area (Å²) in [5.74, 6) is 2.66. The van der Waals surface area contributed by atoms with Crippen LogP contribution in [0.4, 0.5) is 28.8 Å². The summed E-state index contributed by atoms with van der Waals surface area (Å²) in [6, 6.07) is 9.05. The molecule has 1 atom stereocenters. The standard InChI is InChI=1S/C21H25ClN5O4P/c1-12-8-17(19(31-4)10-18(12)30-3)25-21-23-11-14(22)20(26-21)24-15-7-6-13(29-2)9-16(15)27-32(5)28/h6-11,27-28H,1-5H3,(H2,23,24,25,26). The molecule has 1 aromatic heterocycles. The second-order valence-electron chi connectivity index (χ2n) is 6.71. The zero-order valence-corrected chi connectivity index (χ0v) is 20.0. The van der Waals surface area contributed by atoms with Crippen molar-refractivity contribution in [2.24, 2.45) is 0 Å². The van der Waals surface area contributed by atoms with Crippen LogP contribution in [0.25, 0.3) is 0 Å². The van der Waals surface area contributed by atoms with Crippen molar-refractivity contribution in [2.45, 2.75) is 6.92 Å². The van der Waals surface area contributed by atoms with Crippen molar-refractivity contribution in [3.05, 3.63) is 47.1 Å². The van der Waals surface area contributed by atoms with Gasteiger partial charge in [0.2, 0.25) is 5.95 Å². The van der Waals surface area contributed by atoms with Crippen LogP contribution in [-0.2, 0) is 0 Å². The Labute approximate surface area is 193 Å². The van der Waals surface area contributed by atoms with Crippen LogP contribution < -0.4 is 29.9 Å². The topological polar surface area (TPSA) is 110 Å². The van der Waals surface area contributed by atoms with Crippen LogP contribution in [0, 0.1) is 6.92 Å². The van der Waals surface area contributed by atoms with E-state index in [0.717, 1.165) is 5.56 Å². The first kappa shape index (κ1) is 23.7. The first-order chi connectivity index (χ1) is 15.3. The highest BCUT2D eigenvalue weighted by atomic mass is 35.5. The van der Waals surface area contributed by atoms with Crippen LogP contribution >= 0.6 is 19.9 Å². The van der Waals surface area contributed by atoms with Crippen LogP contribution in [0.1, 0.15) is 5.56 Å². The van der Waals surface area contributed by atoms with Crippen molar-refractivity contribution in [1.82, 2.24) is 9.97 Å². The lowest BCUT2D eigenvalue weighted by molar-refractivity contribution is 0.393. The number of aryl methyl sites for hydroxylation is 1. The maximum absolute atomic E-state index is 9.83. The van der Waals surface area contributed by atoms with Gasteiger partial charge in [-0.25, -0.2) is 4.98 Å². The normalized spacial score (nSPS) is 11.5. The number of halogens is 1. The second-order valence-corrected chi connectivity index (χ2v) is 8.39. The highest BCUT2D eigenvalue weighted by Crippen LogP contribution is 2.38. The van der Waals surface area contributed by atoms with E-state index >= 15 is 0 Å². The quantitative estimate of drug-likeness (QED) is 0.305. The molecular weight excluding hydrogens is 453 g/mol. The summed E-state index contributed by atoms with van der Waals surface area (Å²) in [6.45, 7) is 3.61. The molecule has 0 aliphatic carbocycles. The van der Waals surface area contributed by atoms with Crippen molar-refractivity contribution >= 4 is 48.7 Å². The van der Waals surface area contributed by atoms with E-state index in [0.29, 0.717) is 51.1 Å². The molecule has 9 nitrogen and oxygen atoms in total. The van der Waals surface area contributed by atoms with Crippen LogP contribution in [0.15, 0.2) is 36.5 Å². The molecule has 0 spiro atoms. The lowest BCUT2D eigenvalue weighted by atomic mass is 10.2. The van der Waals surface area contributed by atoms with Gasteiger partial charge in [0.25, 0.3) is 0 Å². The van der Waals surface area contributed by atoms with Crippen LogP contribution in [0.3, 0.4) is 0 Å². The predicted molar refractivity (Wildman–Crippen MR) is 130 cm³/mol. The third-order valence-corrected chi connectivity index (χ3v) is 5.31. The Kier molecular flexibility index (Phi) is 7.80. The monoisotopic (exact) mass is 477 g/mol. The highest BCUT2D eigenvalue weighted by Gasteiger charge is 2.14. The molecule has 0 aliphatic heterocycles. The van der Waals surface area contributed by atoms with Gasteiger partial charge in [-0.05, 0) is 37.4 Å². The molecule has 32 heavy (non-hydrogen) atoms. The van der Waals surface area contributed by atoms with E-state index in [4.69, 9.17) is 25.8 Å². The zero-order valence-electron chi connectivity index (χ0n) is 18.4. The molecule has 1 unspecified atom stereocenters. The van der Waals surface area contributed by atoms with E-state index in [1.165, 1.54) is 6.20 Å². The van der Waals surface area contributed by atoms with Crippen molar-refractivity contribution < 1.29 is 19.1 Å². The number of hydrogen-bond donors (Lipinski definition) is 4. The first-order valence-electron chi connectivity index (χ1n) is 9.51. The molecule has 11 heteroatoms. The summed E-state index contributed by atoms with van der Waals surface area (Å²) < 4.78 is 16.1. The number of rotatable bonds is 9. The Balaban J connectivity index is 1.92. The molecule has 3 aromatic rings. The van der Waals surface area contributed by atoms with E-state index < -0.39 is 8.30 Å². The maximum atomic E-state index is 9.83. The Morgan fingerprint density at radius 3 is 2.34 bits per heavy atom. The summed E-state index contributed by atoms with van der Waals surface area (Å²) in [7, 11) is 3.37. The predicted octanol–water partition coefficient (Wildman–Crippen LogP) is 5.30. The van der Waals surface area contributed by atoms with E-state index in [2.05, 4.69) is 25.7 Å². The Morgan fingerprint density at radius 2 is 1.69 bits per heavy atom. The molecule has 0 saturated heterocycles. The van der Waals surface area contributed by atoms with Gasteiger partial charge in [-0.15, -0.1) is 0 Å². The third kappa shape index (κ3) is 5.62. The van der Waals surface area contributed by atoms with Gasteiger partial charge in [0.15, 0.2) is 5.82 Å². The summed E-state index contributed by atoms with van der Waals surface area (Å²) in [6.07, 6.45) is 1.50. The van der Waals surface area contributed by atoms with Crippen molar-refractivity contribution in [3.8, 4) is 17.2 Å². The lowest BCUT2D eigenvalue weighted by Gasteiger charge is -2.17. The number of methoxy groups -OCH3 is 3. The third-order valence-electron chi connectivity index (χ3n) is 4.47. The Hall–Kier alpha value is -3.00. The molecule has 0 amide bonds. The Morgan fingerprint density at radius 1 is 0.938 bits per heavy atom. The van der Waals surface area contributed by atoms with Crippen molar-refractivity contribution in [1.29, 1.82) is 0 Å². The van der Waals surface area contributed by atoms with Crippen molar-refractivity contribution in [3.63, 3.8) is 0 Å². The summed E-state index contributed by atoms with van der Waals surface area (Å²) >= 11 is 6.34. The molecule has 0 radical (unpaired) electrons. The van der Waals surface area contributed by atoms with Gasteiger partial charge in [-0.2, -0.15) is 4.98 Å². The molecule has 0 aliphatic rings. The van der Waals surface area contributed by atoms with Gasteiger partial charge in [0.05, 0.1) is 44.6 Å². The fourth-order valence-electron chi connectivity index (χ4n) is 2.95. The molecule has 0 bridgehead atoms. The molecule has 0 fully saturated rings. The van der Waals surface area contributed by atoms with E-state index in [-0.39, 0.29) is 0 Å². The Bertz CT molecular complexity index is 1100. The summed E-state index contributed by atoms with van der Waals surface area (Å²) in [5, 5.41) is 9.70. The molecule has 1 heterocycles. The van der Waals surface area contributed by atoms with E-state index in [9.17, 15) is 4.89 Å². The SMILES string of the molecule is COc1ccc(Nc2nc(Nc3cc(C)c(OC)cc3OC)ncc2Cl)c(NP(C)O)c1. The second kappa shape index (κ2) is 10.5. The molecule has 3 rings (SSSR count). The summed E-state index contributed by atoms with van der Waals surface area (Å²) in [5.41, 5.74) is 2.93. The van der Waals surface area contributed by atoms with Crippen LogP contribution in [-0.4, -0.2) is 42.9 Å². The van der Waals surface area contributed by atoms with Gasteiger partial charge in [-0.1, -0.05) is 11.6 Å². The smallest absolute Gasteiger partial charge is 0.229 e. The highest BCUT2D eigenvalue weighted by molar-refractivity contribution is 7.52. The number of nitrogens with one attached hydrogen (secondary N) is 3. The number of aromatic nitrogens is 2. The number of ether oxygens (including phenoxy) is 3. The summed E-state index contributed by atoms with van der Waals surface area (Å²) in [4.78, 5) is 18.6. The average Bonchev–Trinajstić information content (AvgIpc) is 2.77. The van der Waals surface area contributed by atoms with Crippen LogP contribution in [0.2, 0.25) is 5.02 Å². The van der Waals surface area contributed by atoms with E-state index in [1.54, 1.807) is 52.3 Å². The van der Waals surface area contributed by atoms with Gasteiger partial charge in [-0.3, -0.25) is 0 Å². The molecule has 0 saturated carbocycles. The van der Waals surface area contributed by atoms with Crippen LogP contribution in [0.5, 0.6) is 17.2 Å². The first-order valence-corrected chi connectivity index (χ1v) is 11.6. The maximum Gasteiger partial charge on any atom is 0.229 e. The molecule has 4 N–H and O–H groups in total.